The smallest absolute Gasteiger partial charge is 0.281 e. The molecule has 6 heteroatoms. The molecule has 0 N–H and O–H groups in total. The molecule has 0 radical (unpaired) electrons. The van der Waals surface area contributed by atoms with Crippen molar-refractivity contribution in [2.24, 2.45) is 17.3 Å². The van der Waals surface area contributed by atoms with E-state index in [9.17, 15) is 9.18 Å². The summed E-state index contributed by atoms with van der Waals surface area (Å²) in [6, 6.07) is 0. The third kappa shape index (κ3) is 2.79. The van der Waals surface area contributed by atoms with E-state index in [1.807, 2.05) is 13.8 Å². The second-order valence-electron chi connectivity index (χ2n) is 4.14. The zero-order valence-electron chi connectivity index (χ0n) is 8.03. The Kier molecular flexibility index (Phi) is 3.68. The molecule has 0 saturated heterocycles. The van der Waals surface area contributed by atoms with E-state index in [2.05, 4.69) is 0 Å². The highest BCUT2D eigenvalue weighted by molar-refractivity contribution is 6.64. The van der Waals surface area contributed by atoms with E-state index >= 15 is 0 Å². The summed E-state index contributed by atoms with van der Waals surface area (Å²) in [6.07, 6.45) is 1.35. The number of hydrogen-bond acceptors (Lipinski definition) is 1. The van der Waals surface area contributed by atoms with Crippen LogP contribution in [0.3, 0.4) is 0 Å². The van der Waals surface area contributed by atoms with Crippen LogP contribution in [0.4, 0.5) is 4.39 Å². The molecule has 2 unspecified atom stereocenters. The lowest BCUT2D eigenvalue weighted by Gasteiger charge is -2.07. The molecule has 1 aliphatic carbocycles. The Morgan fingerprint density at radius 2 is 1.87 bits per heavy atom. The Morgan fingerprint density at radius 3 is 2.13 bits per heavy atom. The van der Waals surface area contributed by atoms with Crippen LogP contribution >= 0.6 is 46.4 Å². The van der Waals surface area contributed by atoms with Gasteiger partial charge < -0.3 is 0 Å². The van der Waals surface area contributed by atoms with Crippen LogP contribution in [0.25, 0.3) is 0 Å². The minimum atomic E-state index is -2.61. The van der Waals surface area contributed by atoms with Crippen molar-refractivity contribution < 1.29 is 9.18 Å². The maximum absolute atomic E-state index is 13.0. The minimum absolute atomic E-state index is 0.220. The van der Waals surface area contributed by atoms with E-state index in [-0.39, 0.29) is 22.3 Å². The van der Waals surface area contributed by atoms with Gasteiger partial charge in [0.25, 0.3) is 4.59 Å². The van der Waals surface area contributed by atoms with Crippen molar-refractivity contribution in [2.45, 2.75) is 18.4 Å². The Morgan fingerprint density at radius 1 is 1.40 bits per heavy atom. The first kappa shape index (κ1) is 13.6. The maximum atomic E-state index is 13.0. The largest absolute Gasteiger partial charge is 0.293 e. The van der Waals surface area contributed by atoms with Crippen LogP contribution in [-0.4, -0.2) is 9.83 Å². The van der Waals surface area contributed by atoms with Gasteiger partial charge in [-0.3, -0.25) is 4.79 Å². The summed E-state index contributed by atoms with van der Waals surface area (Å²) in [5, 5.41) is -0.788. The monoisotopic (exact) mass is 292 g/mol. The molecular weight excluding hydrogens is 285 g/mol. The summed E-state index contributed by atoms with van der Waals surface area (Å²) in [6.45, 7) is 3.68. The number of carbonyl (C=O) groups excluding carboxylic acids is 1. The number of rotatable bonds is 3. The highest BCUT2D eigenvalue weighted by Crippen LogP contribution is 2.61. The molecule has 0 bridgehead atoms. The molecule has 1 nitrogen and oxygen atoms in total. The van der Waals surface area contributed by atoms with E-state index < -0.39 is 9.83 Å². The average Bonchev–Trinajstić information content (AvgIpc) is 2.50. The molecule has 0 spiro atoms. The van der Waals surface area contributed by atoms with Gasteiger partial charge in [-0.1, -0.05) is 54.7 Å². The average molecular weight is 294 g/mol. The lowest BCUT2D eigenvalue weighted by atomic mass is 10.1. The molecule has 0 aromatic heterocycles. The molecule has 2 atom stereocenters. The Bertz CT molecular complexity index is 319. The Hall–Kier alpha value is 0.500. The first-order valence-corrected chi connectivity index (χ1v) is 5.73. The standard InChI is InChI=1S/C9H9Cl4FO/c1-8(2)4(6(8)7(11)15)3-5(10)9(12,13)14/h3-4,6H,1-2H3. The maximum Gasteiger partial charge on any atom is 0.293 e. The molecule has 86 valence electrons. The summed E-state index contributed by atoms with van der Waals surface area (Å²) in [5.74, 6) is -0.578. The molecule has 0 aromatic rings. The third-order valence-electron chi connectivity index (χ3n) is 2.75. The van der Waals surface area contributed by atoms with Crippen molar-refractivity contribution in [2.75, 3.05) is 0 Å². The summed E-state index contributed by atoms with van der Waals surface area (Å²) in [4.78, 5) is 11.0. The highest BCUT2D eigenvalue weighted by atomic mass is 35.5. The highest BCUT2D eigenvalue weighted by Gasteiger charge is 2.60. The molecule has 1 fully saturated rings. The topological polar surface area (TPSA) is 17.1 Å². The van der Waals surface area contributed by atoms with Gasteiger partial charge in [-0.05, 0) is 22.9 Å². The molecule has 0 heterocycles. The quantitative estimate of drug-likeness (QED) is 0.562. The van der Waals surface area contributed by atoms with Gasteiger partial charge in [0.2, 0.25) is 5.24 Å². The van der Waals surface area contributed by atoms with Crippen molar-refractivity contribution in [3.05, 3.63) is 11.1 Å². The second-order valence-corrected chi connectivity index (χ2v) is 6.16. The zero-order valence-corrected chi connectivity index (χ0v) is 11.1. The number of halogens is 5. The van der Waals surface area contributed by atoms with Crippen LogP contribution in [0.5, 0.6) is 0 Å². The van der Waals surface area contributed by atoms with Crippen LogP contribution in [0.15, 0.2) is 11.1 Å². The van der Waals surface area contributed by atoms with E-state index in [4.69, 9.17) is 46.4 Å². The summed E-state index contributed by atoms with van der Waals surface area (Å²) in [5.41, 5.74) is -0.321. The van der Waals surface area contributed by atoms with Gasteiger partial charge in [0.15, 0.2) is 0 Å². The minimum Gasteiger partial charge on any atom is -0.281 e. The summed E-state index contributed by atoms with van der Waals surface area (Å²) >= 11 is 21.3. The zero-order chi connectivity index (χ0) is 12.0. The van der Waals surface area contributed by atoms with E-state index in [0.29, 0.717) is 0 Å². The van der Waals surface area contributed by atoms with Crippen LogP contribution in [0, 0.1) is 17.3 Å². The van der Waals surface area contributed by atoms with Crippen molar-refractivity contribution in [3.63, 3.8) is 0 Å². The number of alkyl halides is 3. The SMILES string of the molecule is CC1(C)C(C=C(Cl)C(F)(Cl)Cl)C1C(=O)Cl. The van der Waals surface area contributed by atoms with Gasteiger partial charge >= 0.3 is 0 Å². The van der Waals surface area contributed by atoms with Crippen molar-refractivity contribution in [1.29, 1.82) is 0 Å². The fraction of sp³-hybridized carbons (Fsp3) is 0.667. The first-order chi connectivity index (χ1) is 6.58. The van der Waals surface area contributed by atoms with E-state index in [1.165, 1.54) is 6.08 Å². The predicted octanol–water partition coefficient (Wildman–Crippen LogP) is 4.25. The molecule has 1 aliphatic rings. The van der Waals surface area contributed by atoms with Crippen molar-refractivity contribution >= 4 is 51.6 Å². The number of hydrogen-bond donors (Lipinski definition) is 0. The van der Waals surface area contributed by atoms with Gasteiger partial charge in [-0.25, -0.2) is 4.39 Å². The summed E-state index contributed by atoms with van der Waals surface area (Å²) < 4.78 is 10.4. The Labute approximate surface area is 108 Å². The Balaban J connectivity index is 2.83. The van der Waals surface area contributed by atoms with Crippen LogP contribution < -0.4 is 0 Å². The van der Waals surface area contributed by atoms with Crippen LogP contribution in [0.1, 0.15) is 13.8 Å². The summed E-state index contributed by atoms with van der Waals surface area (Å²) in [7, 11) is 0. The van der Waals surface area contributed by atoms with Gasteiger partial charge in [0, 0.05) is 5.92 Å². The van der Waals surface area contributed by atoms with Gasteiger partial charge in [0.05, 0.1) is 5.03 Å². The molecule has 1 saturated carbocycles. The fourth-order valence-electron chi connectivity index (χ4n) is 1.67. The van der Waals surface area contributed by atoms with Gasteiger partial charge in [-0.2, -0.15) is 0 Å². The predicted molar refractivity (Wildman–Crippen MR) is 61.1 cm³/mol. The van der Waals surface area contributed by atoms with Crippen LogP contribution in [0.2, 0.25) is 0 Å². The van der Waals surface area contributed by atoms with Crippen molar-refractivity contribution in [3.8, 4) is 0 Å². The van der Waals surface area contributed by atoms with Crippen LogP contribution in [-0.2, 0) is 4.79 Å². The molecule has 0 aliphatic heterocycles. The molecular formula is C9H9Cl4FO. The van der Waals surface area contributed by atoms with E-state index in [1.54, 1.807) is 0 Å². The fourth-order valence-corrected chi connectivity index (χ4v) is 2.35. The third-order valence-corrected chi connectivity index (χ3v) is 3.97. The molecule has 1 rings (SSSR count). The molecule has 0 amide bonds. The number of carbonyl (C=O) groups is 1. The second kappa shape index (κ2) is 4.06. The van der Waals surface area contributed by atoms with Crippen molar-refractivity contribution in [1.82, 2.24) is 0 Å². The van der Waals surface area contributed by atoms with Gasteiger partial charge in [0.1, 0.15) is 0 Å². The lowest BCUT2D eigenvalue weighted by molar-refractivity contribution is -0.113. The lowest BCUT2D eigenvalue weighted by Crippen LogP contribution is -2.04. The first-order valence-electron chi connectivity index (χ1n) is 4.22. The number of allylic oxidation sites excluding steroid dienone is 2. The molecule has 0 aromatic carbocycles. The molecule has 15 heavy (non-hydrogen) atoms. The normalized spacial score (nSPS) is 30.2. The van der Waals surface area contributed by atoms with E-state index in [0.717, 1.165) is 0 Å². The van der Waals surface area contributed by atoms with Gasteiger partial charge in [-0.15, -0.1) is 0 Å².